The average Bonchev–Trinajstić information content (AvgIpc) is 2.44. The maximum atomic E-state index is 11.4. The fourth-order valence-corrected chi connectivity index (χ4v) is 1.64. The van der Waals surface area contributed by atoms with Crippen molar-refractivity contribution in [2.45, 2.75) is 13.8 Å². The van der Waals surface area contributed by atoms with Crippen molar-refractivity contribution in [1.82, 2.24) is 9.88 Å². The highest BCUT2D eigenvalue weighted by Gasteiger charge is 2.16. The van der Waals surface area contributed by atoms with E-state index in [0.29, 0.717) is 5.01 Å². The molecule has 1 aromatic rings. The van der Waals surface area contributed by atoms with Gasteiger partial charge < -0.3 is 0 Å². The molecule has 0 saturated carbocycles. The Hall–Kier alpha value is -1.41. The van der Waals surface area contributed by atoms with Crippen LogP contribution >= 0.6 is 11.3 Å². The minimum atomic E-state index is -0.344. The van der Waals surface area contributed by atoms with Crippen molar-refractivity contribution >= 4 is 17.2 Å². The minimum absolute atomic E-state index is 0.344. The van der Waals surface area contributed by atoms with E-state index in [-0.39, 0.29) is 5.91 Å². The molecular formula is C8H9N3OS. The first-order valence-corrected chi connectivity index (χ1v) is 4.49. The highest BCUT2D eigenvalue weighted by Crippen LogP contribution is 2.17. The van der Waals surface area contributed by atoms with Crippen LogP contribution in [-0.4, -0.2) is 22.8 Å². The molecule has 1 aromatic heterocycles. The summed E-state index contributed by atoms with van der Waals surface area (Å²) in [5.41, 5.74) is 0.847. The number of hydrogen-bond donors (Lipinski definition) is 0. The third kappa shape index (κ3) is 1.84. The highest BCUT2D eigenvalue weighted by atomic mass is 32.1. The van der Waals surface area contributed by atoms with E-state index in [2.05, 4.69) is 4.98 Å². The number of hydrogen-bond acceptors (Lipinski definition) is 4. The van der Waals surface area contributed by atoms with Gasteiger partial charge in [0, 0.05) is 11.9 Å². The first-order chi connectivity index (χ1) is 6.06. The summed E-state index contributed by atoms with van der Waals surface area (Å²) in [5, 5.41) is 8.85. The van der Waals surface area contributed by atoms with E-state index in [0.717, 1.165) is 15.5 Å². The van der Waals surface area contributed by atoms with E-state index < -0.39 is 0 Å². The molecule has 0 saturated heterocycles. The van der Waals surface area contributed by atoms with E-state index in [9.17, 15) is 4.79 Å². The first kappa shape index (κ1) is 9.68. The second kappa shape index (κ2) is 3.54. The van der Waals surface area contributed by atoms with Gasteiger partial charge in [0.05, 0.1) is 5.69 Å². The second-order valence-electron chi connectivity index (χ2n) is 2.62. The Kier molecular flexibility index (Phi) is 2.63. The van der Waals surface area contributed by atoms with Crippen molar-refractivity contribution in [1.29, 1.82) is 5.26 Å². The van der Waals surface area contributed by atoms with Crippen LogP contribution in [0.1, 0.15) is 20.4 Å². The molecule has 13 heavy (non-hydrogen) atoms. The summed E-state index contributed by atoms with van der Waals surface area (Å²) in [6.07, 6.45) is 1.74. The van der Waals surface area contributed by atoms with Gasteiger partial charge in [-0.3, -0.25) is 4.79 Å². The number of amides is 1. The van der Waals surface area contributed by atoms with Gasteiger partial charge in [-0.2, -0.15) is 5.26 Å². The first-order valence-electron chi connectivity index (χ1n) is 3.68. The molecule has 5 heteroatoms. The Morgan fingerprint density at radius 1 is 1.62 bits per heavy atom. The van der Waals surface area contributed by atoms with Crippen LogP contribution in [0.5, 0.6) is 0 Å². The molecule has 0 aliphatic carbocycles. The third-order valence-electron chi connectivity index (χ3n) is 1.67. The second-order valence-corrected chi connectivity index (χ2v) is 3.83. The maximum absolute atomic E-state index is 11.4. The van der Waals surface area contributed by atoms with Gasteiger partial charge in [0.15, 0.2) is 11.2 Å². The van der Waals surface area contributed by atoms with Crippen LogP contribution in [0.2, 0.25) is 0 Å². The number of aryl methyl sites for hydroxylation is 2. The molecule has 0 spiro atoms. The van der Waals surface area contributed by atoms with Gasteiger partial charge >= 0.3 is 0 Å². The van der Waals surface area contributed by atoms with Crippen LogP contribution in [0, 0.1) is 25.3 Å². The van der Waals surface area contributed by atoms with Crippen molar-refractivity contribution in [3.05, 3.63) is 15.6 Å². The number of carbonyl (C=O) groups excluding carboxylic acids is 1. The lowest BCUT2D eigenvalue weighted by Crippen LogP contribution is -2.20. The van der Waals surface area contributed by atoms with Crippen LogP contribution in [0.25, 0.3) is 0 Å². The SMILES string of the molecule is Cc1nc(C(=O)N(C)C#N)sc1C. The molecule has 0 atom stereocenters. The summed E-state index contributed by atoms with van der Waals surface area (Å²) in [6.45, 7) is 3.74. The Morgan fingerprint density at radius 3 is 2.62 bits per heavy atom. The molecule has 4 nitrogen and oxygen atoms in total. The molecule has 0 aliphatic heterocycles. The van der Waals surface area contributed by atoms with Gasteiger partial charge in [-0.25, -0.2) is 9.88 Å². The van der Waals surface area contributed by atoms with Gasteiger partial charge in [0.1, 0.15) is 0 Å². The van der Waals surface area contributed by atoms with Crippen LogP contribution < -0.4 is 0 Å². The molecule has 0 aromatic carbocycles. The lowest BCUT2D eigenvalue weighted by atomic mass is 10.4. The van der Waals surface area contributed by atoms with Crippen LogP contribution in [0.15, 0.2) is 0 Å². The van der Waals surface area contributed by atoms with Crippen molar-refractivity contribution in [2.75, 3.05) is 7.05 Å². The zero-order valence-electron chi connectivity index (χ0n) is 7.66. The molecule has 0 N–H and O–H groups in total. The molecule has 1 rings (SSSR count). The number of rotatable bonds is 1. The van der Waals surface area contributed by atoms with Crippen molar-refractivity contribution in [3.8, 4) is 6.19 Å². The molecule has 0 radical (unpaired) electrons. The summed E-state index contributed by atoms with van der Waals surface area (Å²) in [7, 11) is 1.42. The lowest BCUT2D eigenvalue weighted by Gasteiger charge is -2.01. The fourth-order valence-electron chi connectivity index (χ4n) is 0.753. The largest absolute Gasteiger partial charge is 0.295 e. The molecule has 0 aliphatic rings. The molecule has 0 bridgehead atoms. The maximum Gasteiger partial charge on any atom is 0.295 e. The van der Waals surface area contributed by atoms with E-state index in [1.54, 1.807) is 6.19 Å². The summed E-state index contributed by atoms with van der Waals surface area (Å²) in [4.78, 5) is 17.4. The average molecular weight is 195 g/mol. The van der Waals surface area contributed by atoms with Crippen LogP contribution in [0.4, 0.5) is 0 Å². The zero-order valence-corrected chi connectivity index (χ0v) is 8.47. The van der Waals surface area contributed by atoms with Gasteiger partial charge in [0.25, 0.3) is 5.91 Å². The number of aromatic nitrogens is 1. The molecule has 68 valence electrons. The van der Waals surface area contributed by atoms with Crippen molar-refractivity contribution < 1.29 is 4.79 Å². The Labute approximate surface area is 80.4 Å². The van der Waals surface area contributed by atoms with Crippen molar-refractivity contribution in [2.24, 2.45) is 0 Å². The number of thiazole rings is 1. The number of nitriles is 1. The smallest absolute Gasteiger partial charge is 0.265 e. The lowest BCUT2D eigenvalue weighted by molar-refractivity contribution is 0.0858. The number of nitrogens with zero attached hydrogens (tertiary/aromatic N) is 3. The Morgan fingerprint density at radius 2 is 2.23 bits per heavy atom. The minimum Gasteiger partial charge on any atom is -0.265 e. The van der Waals surface area contributed by atoms with Gasteiger partial charge in [-0.05, 0) is 13.8 Å². The Balaban J connectivity index is 2.97. The third-order valence-corrected chi connectivity index (χ3v) is 2.73. The van der Waals surface area contributed by atoms with E-state index in [1.165, 1.54) is 18.4 Å². The summed E-state index contributed by atoms with van der Waals surface area (Å²) in [6, 6.07) is 0. The summed E-state index contributed by atoms with van der Waals surface area (Å²) >= 11 is 1.31. The summed E-state index contributed by atoms with van der Waals surface area (Å²) < 4.78 is 0. The fraction of sp³-hybridized carbons (Fsp3) is 0.375. The Bertz CT molecular complexity index is 358. The molecule has 1 amide bonds. The predicted octanol–water partition coefficient (Wildman–Crippen LogP) is 1.31. The van der Waals surface area contributed by atoms with E-state index in [1.807, 2.05) is 13.8 Å². The number of carbonyl (C=O) groups is 1. The normalized spacial score (nSPS) is 9.38. The molecular weight excluding hydrogens is 186 g/mol. The van der Waals surface area contributed by atoms with Crippen molar-refractivity contribution in [3.63, 3.8) is 0 Å². The monoisotopic (exact) mass is 195 g/mol. The standard InChI is InChI=1S/C8H9N3OS/c1-5-6(2)13-7(10-5)8(12)11(3)4-9/h1-3H3. The summed E-state index contributed by atoms with van der Waals surface area (Å²) in [5.74, 6) is -0.344. The van der Waals surface area contributed by atoms with Crippen LogP contribution in [0.3, 0.4) is 0 Å². The zero-order chi connectivity index (χ0) is 10.0. The highest BCUT2D eigenvalue weighted by molar-refractivity contribution is 7.13. The molecule has 0 fully saturated rings. The molecule has 0 unspecified atom stereocenters. The van der Waals surface area contributed by atoms with E-state index in [4.69, 9.17) is 5.26 Å². The van der Waals surface area contributed by atoms with Crippen LogP contribution in [-0.2, 0) is 0 Å². The predicted molar refractivity (Wildman–Crippen MR) is 49.3 cm³/mol. The van der Waals surface area contributed by atoms with Gasteiger partial charge in [-0.1, -0.05) is 0 Å². The quantitative estimate of drug-likeness (QED) is 0.501. The molecule has 1 heterocycles. The van der Waals surface area contributed by atoms with Gasteiger partial charge in [0.2, 0.25) is 0 Å². The van der Waals surface area contributed by atoms with E-state index >= 15 is 0 Å². The van der Waals surface area contributed by atoms with Gasteiger partial charge in [-0.15, -0.1) is 11.3 Å². The topological polar surface area (TPSA) is 57.0 Å².